The van der Waals surface area contributed by atoms with Crippen molar-refractivity contribution in [3.05, 3.63) is 72.6 Å². The third-order valence-electron chi connectivity index (χ3n) is 8.34. The van der Waals surface area contributed by atoms with Gasteiger partial charge in [0.05, 0.1) is 28.4 Å². The second-order valence-corrected chi connectivity index (χ2v) is 12.0. The number of imidazole rings is 1. The number of hydrogen-bond acceptors (Lipinski definition) is 8. The van der Waals surface area contributed by atoms with Gasteiger partial charge in [0, 0.05) is 48.9 Å². The number of nitrogens with zero attached hydrogens (tertiary/aromatic N) is 6. The Bertz CT molecular complexity index is 1940. The molecular weight excluding hydrogens is 569 g/mol. The predicted molar refractivity (Wildman–Crippen MR) is 173 cm³/mol. The Morgan fingerprint density at radius 2 is 1.80 bits per heavy atom. The molecule has 3 N–H and O–H groups in total. The SMILES string of the molecule is CN(C)CCOc1cc(F)cc(-c2cncc3[nH]c(-c4n[nH]c5ccc(-c6cncc(CNCC7CCCC7)c6)nc45)nc23)c1. The monoisotopic (exact) mass is 605 g/mol. The number of ether oxygens (including phenoxy) is 1. The number of hydrogen-bond donors (Lipinski definition) is 3. The number of aromatic amines is 2. The molecular formula is C34H36FN9O. The fourth-order valence-electron chi connectivity index (χ4n) is 5.99. The van der Waals surface area contributed by atoms with E-state index < -0.39 is 5.82 Å². The maximum Gasteiger partial charge on any atom is 0.161 e. The summed E-state index contributed by atoms with van der Waals surface area (Å²) in [5.74, 6) is 1.39. The van der Waals surface area contributed by atoms with Crippen LogP contribution in [0.1, 0.15) is 31.2 Å². The highest BCUT2D eigenvalue weighted by Gasteiger charge is 2.18. The highest BCUT2D eigenvalue weighted by molar-refractivity contribution is 5.96. The lowest BCUT2D eigenvalue weighted by atomic mass is 10.1. The van der Waals surface area contributed by atoms with Crippen molar-refractivity contribution in [1.82, 2.24) is 45.3 Å². The van der Waals surface area contributed by atoms with Crippen molar-refractivity contribution in [1.29, 1.82) is 0 Å². The summed E-state index contributed by atoms with van der Waals surface area (Å²) < 4.78 is 20.5. The maximum atomic E-state index is 14.7. The van der Waals surface area contributed by atoms with E-state index in [1.54, 1.807) is 12.4 Å². The first kappa shape index (κ1) is 29.0. The van der Waals surface area contributed by atoms with E-state index in [9.17, 15) is 4.39 Å². The summed E-state index contributed by atoms with van der Waals surface area (Å²) in [6, 6.07) is 10.7. The molecule has 45 heavy (non-hydrogen) atoms. The zero-order valence-corrected chi connectivity index (χ0v) is 25.5. The highest BCUT2D eigenvalue weighted by Crippen LogP contribution is 2.33. The molecule has 1 aliphatic rings. The fourth-order valence-corrected chi connectivity index (χ4v) is 5.99. The molecule has 1 aliphatic carbocycles. The zero-order chi connectivity index (χ0) is 30.8. The molecule has 230 valence electrons. The van der Waals surface area contributed by atoms with E-state index in [0.717, 1.165) is 47.9 Å². The van der Waals surface area contributed by atoms with Crippen LogP contribution in [0, 0.1) is 11.7 Å². The molecule has 0 amide bonds. The van der Waals surface area contributed by atoms with Crippen LogP contribution in [-0.4, -0.2) is 73.8 Å². The van der Waals surface area contributed by atoms with Gasteiger partial charge in [0.25, 0.3) is 0 Å². The Kier molecular flexibility index (Phi) is 8.19. The summed E-state index contributed by atoms with van der Waals surface area (Å²) in [7, 11) is 3.93. The molecule has 5 heterocycles. The standard InChI is InChI=1S/C34H36FN9O/c1-44(2)9-10-45-26-13-23(12-25(35)14-26)27-19-38-20-30-31(27)41-34(40-30)33-32-29(42-43-33)8-7-28(39-32)24-11-22(17-37-18-24)16-36-15-21-5-3-4-6-21/h7-8,11-14,17-21,36H,3-6,9-10,15-16H2,1-2H3,(H,40,41)(H,42,43). The molecule has 10 nitrogen and oxygen atoms in total. The quantitative estimate of drug-likeness (QED) is 0.165. The van der Waals surface area contributed by atoms with Gasteiger partial charge in [-0.25, -0.2) is 14.4 Å². The number of likely N-dealkylation sites (N-methyl/N-ethyl adjacent to an activating group) is 1. The molecule has 0 atom stereocenters. The summed E-state index contributed by atoms with van der Waals surface area (Å²) in [6.07, 6.45) is 12.5. The van der Waals surface area contributed by atoms with E-state index in [0.29, 0.717) is 51.6 Å². The van der Waals surface area contributed by atoms with Gasteiger partial charge >= 0.3 is 0 Å². The number of H-pyrrole nitrogens is 2. The molecule has 11 heteroatoms. The zero-order valence-electron chi connectivity index (χ0n) is 25.5. The second-order valence-electron chi connectivity index (χ2n) is 12.0. The summed E-state index contributed by atoms with van der Waals surface area (Å²) in [5, 5.41) is 11.2. The summed E-state index contributed by atoms with van der Waals surface area (Å²) in [6.45, 7) is 3.00. The van der Waals surface area contributed by atoms with E-state index in [2.05, 4.69) is 36.5 Å². The number of pyridine rings is 3. The molecule has 0 spiro atoms. The minimum atomic E-state index is -0.390. The minimum Gasteiger partial charge on any atom is -0.492 e. The van der Waals surface area contributed by atoms with Crippen molar-refractivity contribution < 1.29 is 9.13 Å². The Morgan fingerprint density at radius 1 is 0.933 bits per heavy atom. The third-order valence-corrected chi connectivity index (χ3v) is 8.34. The van der Waals surface area contributed by atoms with Crippen LogP contribution in [0.2, 0.25) is 0 Å². The van der Waals surface area contributed by atoms with Crippen molar-refractivity contribution in [2.75, 3.05) is 33.8 Å². The van der Waals surface area contributed by atoms with Gasteiger partial charge in [-0.3, -0.25) is 15.1 Å². The fraction of sp³-hybridized carbons (Fsp3) is 0.324. The number of aromatic nitrogens is 7. The van der Waals surface area contributed by atoms with Crippen LogP contribution in [0.3, 0.4) is 0 Å². The predicted octanol–water partition coefficient (Wildman–Crippen LogP) is 5.98. The van der Waals surface area contributed by atoms with Gasteiger partial charge in [0.1, 0.15) is 23.7 Å². The van der Waals surface area contributed by atoms with Crippen molar-refractivity contribution in [2.45, 2.75) is 32.2 Å². The topological polar surface area (TPSA) is 121 Å². The van der Waals surface area contributed by atoms with Crippen LogP contribution in [0.15, 0.2) is 61.2 Å². The third kappa shape index (κ3) is 6.40. The Labute approximate surface area is 260 Å². The van der Waals surface area contributed by atoms with Gasteiger partial charge < -0.3 is 19.9 Å². The number of halogens is 1. The van der Waals surface area contributed by atoms with Gasteiger partial charge in [-0.15, -0.1) is 0 Å². The smallest absolute Gasteiger partial charge is 0.161 e. The Balaban J connectivity index is 1.17. The number of nitrogens with one attached hydrogen (secondary N) is 3. The van der Waals surface area contributed by atoms with Crippen molar-refractivity contribution in [3.63, 3.8) is 0 Å². The van der Waals surface area contributed by atoms with E-state index in [1.165, 1.54) is 37.8 Å². The Morgan fingerprint density at radius 3 is 2.67 bits per heavy atom. The molecule has 0 unspecified atom stereocenters. The lowest BCUT2D eigenvalue weighted by Crippen LogP contribution is -2.20. The van der Waals surface area contributed by atoms with Crippen LogP contribution >= 0.6 is 0 Å². The molecule has 7 rings (SSSR count). The highest BCUT2D eigenvalue weighted by atomic mass is 19.1. The summed E-state index contributed by atoms with van der Waals surface area (Å²) in [4.78, 5) is 24.1. The number of fused-ring (bicyclic) bond motifs is 2. The molecule has 1 saturated carbocycles. The number of benzene rings is 1. The molecule has 1 fully saturated rings. The largest absolute Gasteiger partial charge is 0.492 e. The first-order chi connectivity index (χ1) is 22.0. The second kappa shape index (κ2) is 12.7. The van der Waals surface area contributed by atoms with Gasteiger partial charge in [-0.05, 0) is 80.9 Å². The molecule has 0 aliphatic heterocycles. The lowest BCUT2D eigenvalue weighted by Gasteiger charge is -2.12. The average Bonchev–Trinajstić information content (AvgIpc) is 3.80. The van der Waals surface area contributed by atoms with E-state index in [1.807, 2.05) is 49.6 Å². The molecule has 0 saturated heterocycles. The van der Waals surface area contributed by atoms with Crippen molar-refractivity contribution >= 4 is 22.1 Å². The van der Waals surface area contributed by atoms with E-state index in [4.69, 9.17) is 14.7 Å². The maximum absolute atomic E-state index is 14.7. The van der Waals surface area contributed by atoms with E-state index in [-0.39, 0.29) is 0 Å². The summed E-state index contributed by atoms with van der Waals surface area (Å²) in [5.41, 5.74) is 7.60. The molecule has 0 radical (unpaired) electrons. The van der Waals surface area contributed by atoms with Gasteiger partial charge in [-0.2, -0.15) is 5.10 Å². The first-order valence-corrected chi connectivity index (χ1v) is 15.4. The molecule has 5 aromatic heterocycles. The van der Waals surface area contributed by atoms with Crippen LogP contribution in [0.5, 0.6) is 5.75 Å². The normalized spacial score (nSPS) is 13.9. The van der Waals surface area contributed by atoms with Gasteiger partial charge in [-0.1, -0.05) is 12.8 Å². The number of rotatable bonds is 11. The van der Waals surface area contributed by atoms with Crippen molar-refractivity contribution in [3.8, 4) is 39.7 Å². The summed E-state index contributed by atoms with van der Waals surface area (Å²) >= 11 is 0. The first-order valence-electron chi connectivity index (χ1n) is 15.4. The van der Waals surface area contributed by atoms with Crippen molar-refractivity contribution in [2.24, 2.45) is 5.92 Å². The minimum absolute atomic E-state index is 0.390. The van der Waals surface area contributed by atoms with Crippen LogP contribution in [0.25, 0.3) is 56.0 Å². The molecule has 0 bridgehead atoms. The van der Waals surface area contributed by atoms with Crippen LogP contribution in [-0.2, 0) is 6.54 Å². The van der Waals surface area contributed by atoms with Gasteiger partial charge in [0.2, 0.25) is 0 Å². The van der Waals surface area contributed by atoms with Gasteiger partial charge in [0.15, 0.2) is 11.5 Å². The molecule has 6 aromatic rings. The lowest BCUT2D eigenvalue weighted by molar-refractivity contribution is 0.260. The Hall–Kier alpha value is -4.74. The van der Waals surface area contributed by atoms with Crippen LogP contribution < -0.4 is 10.1 Å². The van der Waals surface area contributed by atoms with E-state index >= 15 is 0 Å². The molecule has 1 aromatic carbocycles. The average molecular weight is 606 g/mol. The van der Waals surface area contributed by atoms with Crippen LogP contribution in [0.4, 0.5) is 4.39 Å².